The summed E-state index contributed by atoms with van der Waals surface area (Å²) in [5.41, 5.74) is 5.52. The summed E-state index contributed by atoms with van der Waals surface area (Å²) in [6.07, 6.45) is 5.79. The molecule has 1 aromatic heterocycles. The molecule has 0 saturated heterocycles. The largest absolute Gasteiger partial charge is 0.384 e. The van der Waals surface area contributed by atoms with E-state index in [0.717, 1.165) is 46.6 Å². The summed E-state index contributed by atoms with van der Waals surface area (Å²) in [7, 11) is 0. The number of fused-ring (bicyclic) bond motifs is 2. The number of nitrogens with zero attached hydrogens (tertiary/aromatic N) is 1. The highest BCUT2D eigenvalue weighted by Gasteiger charge is 2.20. The number of pyridine rings is 1. The van der Waals surface area contributed by atoms with Gasteiger partial charge in [-0.3, -0.25) is 4.98 Å². The molecule has 1 aromatic carbocycles. The zero-order valence-corrected chi connectivity index (χ0v) is 14.0. The van der Waals surface area contributed by atoms with Crippen LogP contribution in [0.3, 0.4) is 0 Å². The first-order chi connectivity index (χ1) is 10.1. The van der Waals surface area contributed by atoms with E-state index in [1.807, 2.05) is 13.0 Å². The maximum atomic E-state index is 6.58. The van der Waals surface area contributed by atoms with Crippen LogP contribution >= 0.6 is 23.2 Å². The van der Waals surface area contributed by atoms with Crippen LogP contribution in [0.15, 0.2) is 6.07 Å². The molecule has 21 heavy (non-hydrogen) atoms. The fourth-order valence-electron chi connectivity index (χ4n) is 3.20. The highest BCUT2D eigenvalue weighted by atomic mass is 35.5. The minimum absolute atomic E-state index is 0.693. The van der Waals surface area contributed by atoms with Crippen molar-refractivity contribution in [2.45, 2.75) is 46.0 Å². The lowest BCUT2D eigenvalue weighted by molar-refractivity contribution is 0.709. The molecule has 0 spiro atoms. The maximum absolute atomic E-state index is 6.58. The monoisotopic (exact) mass is 322 g/mol. The Bertz CT molecular complexity index is 695. The number of benzene rings is 1. The standard InChI is InChI=1S/C17H20Cl2N2/c1-3-20-16-11-7-5-4-6-8-13(11)21-17-12(18)9-10(2)15(19)14(16)17/h9H,3-8H2,1-2H3,(H,20,21). The topological polar surface area (TPSA) is 24.9 Å². The molecule has 112 valence electrons. The Labute approximate surface area is 135 Å². The second kappa shape index (κ2) is 6.02. The van der Waals surface area contributed by atoms with E-state index >= 15 is 0 Å². The van der Waals surface area contributed by atoms with Gasteiger partial charge in [0.1, 0.15) is 0 Å². The molecule has 0 fully saturated rings. The van der Waals surface area contributed by atoms with Crippen LogP contribution in [0.2, 0.25) is 10.0 Å². The first kappa shape index (κ1) is 14.9. The van der Waals surface area contributed by atoms with Crippen molar-refractivity contribution in [2.75, 3.05) is 11.9 Å². The summed E-state index contributed by atoms with van der Waals surface area (Å²) in [4.78, 5) is 4.86. The molecular weight excluding hydrogens is 303 g/mol. The molecule has 0 saturated carbocycles. The predicted octanol–water partition coefficient (Wildman–Crippen LogP) is 5.55. The average molecular weight is 323 g/mol. The zero-order valence-electron chi connectivity index (χ0n) is 12.5. The van der Waals surface area contributed by atoms with Crippen LogP contribution in [-0.4, -0.2) is 11.5 Å². The van der Waals surface area contributed by atoms with E-state index in [2.05, 4.69) is 12.2 Å². The van der Waals surface area contributed by atoms with Gasteiger partial charge in [-0.05, 0) is 56.7 Å². The lowest BCUT2D eigenvalue weighted by Gasteiger charge is -2.18. The van der Waals surface area contributed by atoms with Gasteiger partial charge >= 0.3 is 0 Å². The molecule has 1 N–H and O–H groups in total. The Morgan fingerprint density at radius 2 is 1.95 bits per heavy atom. The van der Waals surface area contributed by atoms with E-state index in [1.165, 1.54) is 30.5 Å². The third-order valence-electron chi connectivity index (χ3n) is 4.21. The molecule has 1 aliphatic rings. The molecule has 0 amide bonds. The van der Waals surface area contributed by atoms with Gasteiger partial charge in [-0.2, -0.15) is 0 Å². The highest BCUT2D eigenvalue weighted by molar-refractivity contribution is 6.41. The summed E-state index contributed by atoms with van der Waals surface area (Å²) in [6, 6.07) is 1.91. The molecule has 2 aromatic rings. The Morgan fingerprint density at radius 3 is 2.71 bits per heavy atom. The number of nitrogens with one attached hydrogen (secondary N) is 1. The van der Waals surface area contributed by atoms with Gasteiger partial charge in [0.2, 0.25) is 0 Å². The third kappa shape index (κ3) is 2.60. The molecule has 0 aliphatic heterocycles. The predicted molar refractivity (Wildman–Crippen MR) is 91.9 cm³/mol. The lowest BCUT2D eigenvalue weighted by Crippen LogP contribution is -2.07. The first-order valence-corrected chi connectivity index (χ1v) is 8.43. The van der Waals surface area contributed by atoms with E-state index in [9.17, 15) is 0 Å². The van der Waals surface area contributed by atoms with Gasteiger partial charge in [0.05, 0.1) is 21.2 Å². The van der Waals surface area contributed by atoms with Gasteiger partial charge in [0.25, 0.3) is 0 Å². The van der Waals surface area contributed by atoms with Crippen LogP contribution in [0.5, 0.6) is 0 Å². The number of aromatic nitrogens is 1. The van der Waals surface area contributed by atoms with Crippen molar-refractivity contribution in [2.24, 2.45) is 0 Å². The lowest BCUT2D eigenvalue weighted by atomic mass is 10.0. The van der Waals surface area contributed by atoms with Gasteiger partial charge < -0.3 is 5.32 Å². The van der Waals surface area contributed by atoms with Crippen LogP contribution in [0.1, 0.15) is 43.0 Å². The molecule has 0 atom stereocenters. The quantitative estimate of drug-likeness (QED) is 0.733. The van der Waals surface area contributed by atoms with Crippen molar-refractivity contribution in [3.05, 3.63) is 32.9 Å². The zero-order chi connectivity index (χ0) is 15.0. The normalized spacial score (nSPS) is 14.9. The van der Waals surface area contributed by atoms with Crippen molar-refractivity contribution in [1.82, 2.24) is 4.98 Å². The van der Waals surface area contributed by atoms with Crippen LogP contribution in [0.4, 0.5) is 5.69 Å². The number of aryl methyl sites for hydroxylation is 2. The molecule has 0 bridgehead atoms. The van der Waals surface area contributed by atoms with E-state index in [0.29, 0.717) is 5.02 Å². The molecule has 3 rings (SSSR count). The van der Waals surface area contributed by atoms with E-state index < -0.39 is 0 Å². The van der Waals surface area contributed by atoms with E-state index in [-0.39, 0.29) is 0 Å². The minimum atomic E-state index is 0.693. The van der Waals surface area contributed by atoms with E-state index in [1.54, 1.807) is 0 Å². The molecule has 0 radical (unpaired) electrons. The summed E-state index contributed by atoms with van der Waals surface area (Å²) in [6.45, 7) is 4.98. The highest BCUT2D eigenvalue weighted by Crippen LogP contribution is 2.40. The number of halogens is 2. The van der Waals surface area contributed by atoms with Crippen molar-refractivity contribution < 1.29 is 0 Å². The Hall–Kier alpha value is -0.990. The van der Waals surface area contributed by atoms with Crippen molar-refractivity contribution in [1.29, 1.82) is 0 Å². The number of rotatable bonds is 2. The van der Waals surface area contributed by atoms with Crippen molar-refractivity contribution >= 4 is 39.8 Å². The summed E-state index contributed by atoms with van der Waals surface area (Å²) < 4.78 is 0. The molecule has 1 heterocycles. The summed E-state index contributed by atoms with van der Waals surface area (Å²) >= 11 is 13.0. The van der Waals surface area contributed by atoms with Crippen LogP contribution in [-0.2, 0) is 12.8 Å². The Morgan fingerprint density at radius 1 is 1.19 bits per heavy atom. The third-order valence-corrected chi connectivity index (χ3v) is 4.99. The second-order valence-corrected chi connectivity index (χ2v) is 6.50. The van der Waals surface area contributed by atoms with Crippen LogP contribution in [0, 0.1) is 6.92 Å². The minimum Gasteiger partial charge on any atom is -0.384 e. The van der Waals surface area contributed by atoms with Gasteiger partial charge in [-0.1, -0.05) is 29.6 Å². The molecule has 0 unspecified atom stereocenters. The SMILES string of the molecule is CCNc1c2c(nc3c(Cl)cc(C)c(Cl)c13)CCCCC2. The number of hydrogen-bond acceptors (Lipinski definition) is 2. The second-order valence-electron chi connectivity index (χ2n) is 5.72. The number of anilines is 1. The first-order valence-electron chi connectivity index (χ1n) is 7.67. The van der Waals surface area contributed by atoms with Gasteiger partial charge in [-0.25, -0.2) is 0 Å². The number of hydrogen-bond donors (Lipinski definition) is 1. The van der Waals surface area contributed by atoms with Crippen molar-refractivity contribution in [3.8, 4) is 0 Å². The Balaban J connectivity index is 2.40. The molecular formula is C17H20Cl2N2. The van der Waals surface area contributed by atoms with E-state index in [4.69, 9.17) is 28.2 Å². The Kier molecular flexibility index (Phi) is 4.28. The maximum Gasteiger partial charge on any atom is 0.0927 e. The molecule has 4 heteroatoms. The van der Waals surface area contributed by atoms with Gasteiger partial charge in [-0.15, -0.1) is 0 Å². The van der Waals surface area contributed by atoms with Crippen LogP contribution < -0.4 is 5.32 Å². The summed E-state index contributed by atoms with van der Waals surface area (Å²) in [5, 5.41) is 5.97. The smallest absolute Gasteiger partial charge is 0.0927 e. The fraction of sp³-hybridized carbons (Fsp3) is 0.471. The fourth-order valence-corrected chi connectivity index (χ4v) is 3.74. The average Bonchev–Trinajstić information content (AvgIpc) is 2.70. The van der Waals surface area contributed by atoms with Gasteiger partial charge in [0, 0.05) is 17.6 Å². The van der Waals surface area contributed by atoms with Crippen molar-refractivity contribution in [3.63, 3.8) is 0 Å². The van der Waals surface area contributed by atoms with Gasteiger partial charge in [0.15, 0.2) is 0 Å². The van der Waals surface area contributed by atoms with Crippen LogP contribution in [0.25, 0.3) is 10.9 Å². The summed E-state index contributed by atoms with van der Waals surface area (Å²) in [5.74, 6) is 0. The molecule has 2 nitrogen and oxygen atoms in total. The molecule has 1 aliphatic carbocycles.